The molecule has 1 atom stereocenters. The van der Waals surface area contributed by atoms with Crippen LogP contribution in [0.3, 0.4) is 0 Å². The van der Waals surface area contributed by atoms with E-state index in [2.05, 4.69) is 24.3 Å². The molecule has 2 heteroatoms. The molecule has 2 nitrogen and oxygen atoms in total. The van der Waals surface area contributed by atoms with E-state index in [9.17, 15) is 0 Å². The van der Waals surface area contributed by atoms with Crippen LogP contribution in [-0.4, -0.2) is 6.29 Å². The smallest absolute Gasteiger partial charge is 0.244 e. The highest BCUT2D eigenvalue weighted by Crippen LogP contribution is 2.21. The van der Waals surface area contributed by atoms with Gasteiger partial charge in [0.15, 0.2) is 0 Å². The predicted octanol–water partition coefficient (Wildman–Crippen LogP) is 3.69. The molecule has 0 spiro atoms. The van der Waals surface area contributed by atoms with Crippen LogP contribution < -0.4 is 0 Å². The Morgan fingerprint density at radius 2 is 1.42 bits per heavy atom. The normalized spacial score (nSPS) is 17.5. The number of hydrogen-bond donors (Lipinski definition) is 0. The highest BCUT2D eigenvalue weighted by atomic mass is 16.7. The van der Waals surface area contributed by atoms with E-state index in [1.165, 1.54) is 11.1 Å². The van der Waals surface area contributed by atoms with Crippen LogP contribution in [-0.2, 0) is 22.3 Å². The van der Waals surface area contributed by atoms with Gasteiger partial charge in [0.1, 0.15) is 12.0 Å². The van der Waals surface area contributed by atoms with Crippen molar-refractivity contribution in [1.29, 1.82) is 0 Å². The van der Waals surface area contributed by atoms with Gasteiger partial charge in [-0.3, -0.25) is 0 Å². The van der Waals surface area contributed by atoms with E-state index in [1.54, 1.807) is 6.26 Å². The van der Waals surface area contributed by atoms with Gasteiger partial charge in [0, 0.05) is 12.8 Å². The number of ether oxygens (including phenoxy) is 2. The molecule has 1 unspecified atom stereocenters. The lowest BCUT2D eigenvalue weighted by molar-refractivity contribution is -0.0308. The summed E-state index contributed by atoms with van der Waals surface area (Å²) in [6.07, 6.45) is 3.10. The van der Waals surface area contributed by atoms with Gasteiger partial charge in [-0.1, -0.05) is 60.7 Å². The van der Waals surface area contributed by atoms with E-state index in [1.807, 2.05) is 36.4 Å². The largest absolute Gasteiger partial charge is 0.459 e. The molecule has 0 radical (unpaired) electrons. The molecule has 2 aromatic carbocycles. The summed E-state index contributed by atoms with van der Waals surface area (Å²) in [6, 6.07) is 20.5. The summed E-state index contributed by atoms with van der Waals surface area (Å²) in [5.41, 5.74) is 2.46. The number of benzene rings is 2. The molecule has 0 N–H and O–H groups in total. The van der Waals surface area contributed by atoms with Crippen LogP contribution in [0.5, 0.6) is 0 Å². The minimum Gasteiger partial charge on any atom is -0.459 e. The standard InChI is InChI=1S/C17H16O2/c1-3-7-14(8-4-1)11-16-13-18-17(19-16)12-15-9-5-2-6-10-15/h1-10,13,17H,11-12H2. The van der Waals surface area contributed by atoms with Gasteiger partial charge in [0.2, 0.25) is 6.29 Å². The van der Waals surface area contributed by atoms with Crippen LogP contribution in [0.2, 0.25) is 0 Å². The van der Waals surface area contributed by atoms with Crippen LogP contribution in [0, 0.1) is 0 Å². The Kier molecular flexibility index (Phi) is 3.50. The number of allylic oxidation sites excluding steroid dienone is 1. The summed E-state index contributed by atoms with van der Waals surface area (Å²) in [5, 5.41) is 0. The monoisotopic (exact) mass is 252 g/mol. The maximum atomic E-state index is 5.81. The third kappa shape index (κ3) is 3.16. The molecule has 96 valence electrons. The fraction of sp³-hybridized carbons (Fsp3) is 0.176. The average Bonchev–Trinajstić information content (AvgIpc) is 2.88. The zero-order valence-corrected chi connectivity index (χ0v) is 10.7. The molecule has 0 saturated carbocycles. The Hall–Kier alpha value is -2.22. The van der Waals surface area contributed by atoms with Gasteiger partial charge in [0.05, 0.1) is 0 Å². The topological polar surface area (TPSA) is 18.5 Å². The average molecular weight is 252 g/mol. The van der Waals surface area contributed by atoms with Crippen molar-refractivity contribution in [3.05, 3.63) is 83.8 Å². The predicted molar refractivity (Wildman–Crippen MR) is 74.3 cm³/mol. The van der Waals surface area contributed by atoms with Crippen molar-refractivity contribution in [2.24, 2.45) is 0 Å². The zero-order valence-electron chi connectivity index (χ0n) is 10.7. The van der Waals surface area contributed by atoms with E-state index in [4.69, 9.17) is 9.47 Å². The number of rotatable bonds is 4. The maximum absolute atomic E-state index is 5.81. The van der Waals surface area contributed by atoms with E-state index in [0.29, 0.717) is 0 Å². The van der Waals surface area contributed by atoms with Crippen molar-refractivity contribution in [3.63, 3.8) is 0 Å². The first-order chi connectivity index (χ1) is 9.40. The van der Waals surface area contributed by atoms with Crippen molar-refractivity contribution < 1.29 is 9.47 Å². The Labute approximate surface area is 113 Å². The molecule has 0 aliphatic carbocycles. The summed E-state index contributed by atoms with van der Waals surface area (Å²) < 4.78 is 11.4. The molecule has 0 bridgehead atoms. The summed E-state index contributed by atoms with van der Waals surface area (Å²) in [5.74, 6) is 0.895. The lowest BCUT2D eigenvalue weighted by Gasteiger charge is -2.12. The highest BCUT2D eigenvalue weighted by Gasteiger charge is 2.19. The molecular formula is C17H16O2. The summed E-state index contributed by atoms with van der Waals surface area (Å²) in [7, 11) is 0. The van der Waals surface area contributed by atoms with Gasteiger partial charge in [0.25, 0.3) is 0 Å². The third-order valence-corrected chi connectivity index (χ3v) is 3.10. The zero-order chi connectivity index (χ0) is 12.9. The Bertz CT molecular complexity index is 546. The first-order valence-corrected chi connectivity index (χ1v) is 6.49. The van der Waals surface area contributed by atoms with Crippen molar-refractivity contribution in [2.45, 2.75) is 19.1 Å². The first-order valence-electron chi connectivity index (χ1n) is 6.49. The first kappa shape index (κ1) is 11.8. The van der Waals surface area contributed by atoms with Crippen LogP contribution in [0.4, 0.5) is 0 Å². The van der Waals surface area contributed by atoms with Gasteiger partial charge >= 0.3 is 0 Å². The molecule has 2 aromatic rings. The summed E-state index contributed by atoms with van der Waals surface area (Å²) in [4.78, 5) is 0. The molecule has 0 amide bonds. The van der Waals surface area contributed by atoms with Crippen LogP contribution in [0.1, 0.15) is 11.1 Å². The Balaban J connectivity index is 1.55. The minimum absolute atomic E-state index is 0.193. The van der Waals surface area contributed by atoms with Gasteiger partial charge < -0.3 is 9.47 Å². The fourth-order valence-electron chi connectivity index (χ4n) is 2.15. The second-order valence-electron chi connectivity index (χ2n) is 4.62. The number of hydrogen-bond acceptors (Lipinski definition) is 2. The van der Waals surface area contributed by atoms with Crippen molar-refractivity contribution in [3.8, 4) is 0 Å². The quantitative estimate of drug-likeness (QED) is 0.826. The van der Waals surface area contributed by atoms with Gasteiger partial charge in [-0.05, 0) is 11.1 Å². The van der Waals surface area contributed by atoms with Crippen LogP contribution >= 0.6 is 0 Å². The molecule has 19 heavy (non-hydrogen) atoms. The lowest BCUT2D eigenvalue weighted by atomic mass is 10.1. The van der Waals surface area contributed by atoms with Gasteiger partial charge in [-0.25, -0.2) is 0 Å². The van der Waals surface area contributed by atoms with E-state index >= 15 is 0 Å². The third-order valence-electron chi connectivity index (χ3n) is 3.10. The molecule has 0 fully saturated rings. The fourth-order valence-corrected chi connectivity index (χ4v) is 2.15. The maximum Gasteiger partial charge on any atom is 0.244 e. The molecule has 1 heterocycles. The second-order valence-corrected chi connectivity index (χ2v) is 4.62. The molecule has 0 aromatic heterocycles. The molecule has 1 aliphatic heterocycles. The van der Waals surface area contributed by atoms with Crippen molar-refractivity contribution in [2.75, 3.05) is 0 Å². The van der Waals surface area contributed by atoms with Crippen molar-refractivity contribution >= 4 is 0 Å². The second kappa shape index (κ2) is 5.61. The summed E-state index contributed by atoms with van der Waals surface area (Å²) in [6.45, 7) is 0. The van der Waals surface area contributed by atoms with E-state index in [-0.39, 0.29) is 6.29 Å². The Morgan fingerprint density at radius 1 is 0.789 bits per heavy atom. The van der Waals surface area contributed by atoms with E-state index < -0.39 is 0 Å². The van der Waals surface area contributed by atoms with Crippen molar-refractivity contribution in [1.82, 2.24) is 0 Å². The minimum atomic E-state index is -0.193. The molecule has 1 aliphatic rings. The van der Waals surface area contributed by atoms with Crippen LogP contribution in [0.15, 0.2) is 72.7 Å². The van der Waals surface area contributed by atoms with Gasteiger partial charge in [-0.15, -0.1) is 0 Å². The molecule has 0 saturated heterocycles. The lowest BCUT2D eigenvalue weighted by Crippen LogP contribution is -2.12. The highest BCUT2D eigenvalue weighted by molar-refractivity contribution is 5.20. The van der Waals surface area contributed by atoms with Crippen LogP contribution in [0.25, 0.3) is 0 Å². The van der Waals surface area contributed by atoms with Gasteiger partial charge in [-0.2, -0.15) is 0 Å². The SMILES string of the molecule is C1=C(Cc2ccccc2)OC(Cc2ccccc2)O1. The summed E-state index contributed by atoms with van der Waals surface area (Å²) >= 11 is 0. The van der Waals surface area contributed by atoms with E-state index in [0.717, 1.165) is 18.6 Å². The molecular weight excluding hydrogens is 236 g/mol. The molecule has 3 rings (SSSR count). The Morgan fingerprint density at radius 3 is 2.11 bits per heavy atom.